The first-order chi connectivity index (χ1) is 16.1. The number of unbranched alkanes of at least 4 members (excludes halogenated alkanes) is 1. The van der Waals surface area contributed by atoms with E-state index in [9.17, 15) is 14.4 Å². The Bertz CT molecular complexity index is 827. The average molecular weight is 459 g/mol. The molecule has 9 heteroatoms. The Morgan fingerprint density at radius 2 is 1.85 bits per heavy atom. The van der Waals surface area contributed by atoms with Gasteiger partial charge in [0.05, 0.1) is 12.6 Å². The van der Waals surface area contributed by atoms with Crippen molar-refractivity contribution in [3.63, 3.8) is 0 Å². The van der Waals surface area contributed by atoms with Gasteiger partial charge < -0.3 is 19.9 Å². The maximum Gasteiger partial charge on any atom is 0.410 e. The fourth-order valence-electron chi connectivity index (χ4n) is 4.69. The fraction of sp³-hybridized carbons (Fsp3) is 0.625. The lowest BCUT2D eigenvalue weighted by Crippen LogP contribution is -2.54. The molecule has 0 radical (unpaired) electrons. The van der Waals surface area contributed by atoms with Crippen LogP contribution >= 0.6 is 0 Å². The zero-order valence-electron chi connectivity index (χ0n) is 19.3. The lowest BCUT2D eigenvalue weighted by Gasteiger charge is -2.34. The van der Waals surface area contributed by atoms with Crippen molar-refractivity contribution in [3.8, 4) is 0 Å². The lowest BCUT2D eigenvalue weighted by atomic mass is 9.99. The summed E-state index contributed by atoms with van der Waals surface area (Å²) < 4.78 is 5.41. The Morgan fingerprint density at radius 3 is 2.58 bits per heavy atom. The molecule has 3 fully saturated rings. The number of benzene rings is 1. The normalized spacial score (nSPS) is 23.1. The molecule has 0 aromatic heterocycles. The Kier molecular flexibility index (Phi) is 7.69. The first-order valence-corrected chi connectivity index (χ1v) is 12.1. The Labute approximate surface area is 194 Å². The number of amides is 4. The molecule has 0 aliphatic carbocycles. The topological polar surface area (TPSA) is 91.4 Å². The second-order valence-electron chi connectivity index (χ2n) is 9.00. The minimum atomic E-state index is -0.456. The van der Waals surface area contributed by atoms with E-state index < -0.39 is 6.04 Å². The third-order valence-corrected chi connectivity index (χ3v) is 6.66. The molecule has 1 aromatic rings. The van der Waals surface area contributed by atoms with Crippen LogP contribution in [0.5, 0.6) is 0 Å². The van der Waals surface area contributed by atoms with Crippen molar-refractivity contribution >= 4 is 18.0 Å². The zero-order valence-corrected chi connectivity index (χ0v) is 19.3. The highest BCUT2D eigenvalue weighted by atomic mass is 16.7. The Morgan fingerprint density at radius 1 is 1.09 bits per heavy atom. The predicted molar refractivity (Wildman–Crippen MR) is 121 cm³/mol. The molecular formula is C24H34N4O5. The summed E-state index contributed by atoms with van der Waals surface area (Å²) in [5.74, 6) is -0.109. The molecule has 3 saturated heterocycles. The molecule has 1 unspecified atom stereocenters. The van der Waals surface area contributed by atoms with Gasteiger partial charge in [-0.3, -0.25) is 9.63 Å². The van der Waals surface area contributed by atoms with E-state index in [2.05, 4.69) is 12.2 Å². The molecule has 33 heavy (non-hydrogen) atoms. The minimum Gasteiger partial charge on any atom is -0.445 e. The van der Waals surface area contributed by atoms with E-state index in [0.717, 1.165) is 24.8 Å². The molecule has 1 aromatic carbocycles. The number of carbonyl (C=O) groups is 3. The van der Waals surface area contributed by atoms with E-state index in [1.165, 1.54) is 5.06 Å². The SMILES string of the molecule is CCCCON1C(=O)N2CC1CC[C@H]2C(=O)NC1CCN(C(=O)OCc2ccccc2)CC1. The van der Waals surface area contributed by atoms with Crippen molar-refractivity contribution in [3.05, 3.63) is 35.9 Å². The van der Waals surface area contributed by atoms with E-state index >= 15 is 0 Å². The van der Waals surface area contributed by atoms with Crippen LogP contribution in [0.4, 0.5) is 9.59 Å². The summed E-state index contributed by atoms with van der Waals surface area (Å²) in [6, 6.07) is 8.95. The molecule has 3 aliphatic heterocycles. The standard InChI is InChI=1S/C24H34N4O5/c1-2-3-15-33-28-20-9-10-21(27(16-20)23(28)30)22(29)25-19-11-13-26(14-12-19)24(31)32-17-18-7-5-4-6-8-18/h4-8,19-21H,2-3,9-17H2,1H3,(H,25,29)/t20?,21-/m0/s1. The van der Waals surface area contributed by atoms with E-state index in [1.54, 1.807) is 9.80 Å². The number of ether oxygens (including phenoxy) is 1. The van der Waals surface area contributed by atoms with E-state index in [0.29, 0.717) is 45.5 Å². The van der Waals surface area contributed by atoms with E-state index in [4.69, 9.17) is 9.57 Å². The van der Waals surface area contributed by atoms with Gasteiger partial charge in [-0.15, -0.1) is 0 Å². The number of hydrogen-bond acceptors (Lipinski definition) is 5. The number of urea groups is 1. The maximum absolute atomic E-state index is 13.0. The molecule has 2 bridgehead atoms. The van der Waals surface area contributed by atoms with Gasteiger partial charge in [-0.1, -0.05) is 43.7 Å². The van der Waals surface area contributed by atoms with Crippen molar-refractivity contribution in [1.29, 1.82) is 0 Å². The van der Waals surface area contributed by atoms with Gasteiger partial charge in [0.15, 0.2) is 0 Å². The van der Waals surface area contributed by atoms with Crippen LogP contribution in [0.15, 0.2) is 30.3 Å². The maximum atomic E-state index is 13.0. The average Bonchev–Trinajstić information content (AvgIpc) is 3.08. The number of rotatable bonds is 8. The second kappa shape index (κ2) is 10.9. The summed E-state index contributed by atoms with van der Waals surface area (Å²) in [5, 5.41) is 4.58. The molecule has 9 nitrogen and oxygen atoms in total. The van der Waals surface area contributed by atoms with Crippen molar-refractivity contribution in [2.45, 2.75) is 70.2 Å². The summed E-state index contributed by atoms with van der Waals surface area (Å²) in [5.41, 5.74) is 0.952. The van der Waals surface area contributed by atoms with Gasteiger partial charge in [0.25, 0.3) is 0 Å². The summed E-state index contributed by atoms with van der Waals surface area (Å²) in [6.45, 7) is 4.46. The van der Waals surface area contributed by atoms with E-state index in [-0.39, 0.29) is 36.7 Å². The molecule has 0 saturated carbocycles. The number of fused-ring (bicyclic) bond motifs is 2. The first-order valence-electron chi connectivity index (χ1n) is 12.1. The van der Waals surface area contributed by atoms with Crippen LogP contribution in [0, 0.1) is 0 Å². The number of carbonyl (C=O) groups excluding carboxylic acids is 3. The monoisotopic (exact) mass is 458 g/mol. The number of hydroxylamine groups is 2. The van der Waals surface area contributed by atoms with Crippen LogP contribution in [0.2, 0.25) is 0 Å². The van der Waals surface area contributed by atoms with Crippen LogP contribution in [0.3, 0.4) is 0 Å². The molecule has 3 heterocycles. The smallest absolute Gasteiger partial charge is 0.410 e. The highest BCUT2D eigenvalue weighted by Gasteiger charge is 2.48. The van der Waals surface area contributed by atoms with Gasteiger partial charge in [0, 0.05) is 25.7 Å². The molecule has 180 valence electrons. The lowest BCUT2D eigenvalue weighted by molar-refractivity contribution is -0.131. The van der Waals surface area contributed by atoms with Crippen molar-refractivity contribution in [2.24, 2.45) is 0 Å². The van der Waals surface area contributed by atoms with Crippen LogP contribution in [0.1, 0.15) is 51.0 Å². The van der Waals surface area contributed by atoms with Gasteiger partial charge in [-0.25, -0.2) is 9.59 Å². The van der Waals surface area contributed by atoms with Gasteiger partial charge in [-0.2, -0.15) is 5.06 Å². The van der Waals surface area contributed by atoms with Crippen molar-refractivity contribution < 1.29 is 24.0 Å². The van der Waals surface area contributed by atoms with E-state index in [1.807, 2.05) is 30.3 Å². The van der Waals surface area contributed by atoms with Gasteiger partial charge in [0.2, 0.25) is 5.91 Å². The molecule has 3 aliphatic rings. The van der Waals surface area contributed by atoms with Crippen molar-refractivity contribution in [1.82, 2.24) is 20.2 Å². The molecule has 4 amide bonds. The van der Waals surface area contributed by atoms with Gasteiger partial charge >= 0.3 is 12.1 Å². The van der Waals surface area contributed by atoms with Crippen LogP contribution < -0.4 is 5.32 Å². The van der Waals surface area contributed by atoms with Gasteiger partial charge in [-0.05, 0) is 37.7 Å². The van der Waals surface area contributed by atoms with Crippen LogP contribution in [0.25, 0.3) is 0 Å². The van der Waals surface area contributed by atoms with Crippen LogP contribution in [-0.2, 0) is 21.0 Å². The zero-order chi connectivity index (χ0) is 23.2. The highest BCUT2D eigenvalue weighted by Crippen LogP contribution is 2.30. The summed E-state index contributed by atoms with van der Waals surface area (Å²) >= 11 is 0. The number of hydrogen-bond donors (Lipinski definition) is 1. The molecule has 2 atom stereocenters. The number of likely N-dealkylation sites (tertiary alicyclic amines) is 1. The van der Waals surface area contributed by atoms with Crippen LogP contribution in [-0.4, -0.2) is 77.3 Å². The third kappa shape index (κ3) is 5.58. The van der Waals surface area contributed by atoms with Crippen molar-refractivity contribution in [2.75, 3.05) is 26.2 Å². The summed E-state index contributed by atoms with van der Waals surface area (Å²) in [7, 11) is 0. The first kappa shape index (κ1) is 23.4. The predicted octanol–water partition coefficient (Wildman–Crippen LogP) is 2.90. The molecule has 1 N–H and O–H groups in total. The molecule has 4 rings (SSSR count). The molecule has 0 spiro atoms. The third-order valence-electron chi connectivity index (χ3n) is 6.66. The largest absolute Gasteiger partial charge is 0.445 e. The minimum absolute atomic E-state index is 0.0111. The number of nitrogens with zero attached hydrogens (tertiary/aromatic N) is 3. The quantitative estimate of drug-likeness (QED) is 0.605. The molecular weight excluding hydrogens is 424 g/mol. The summed E-state index contributed by atoms with van der Waals surface area (Å²) in [6.07, 6.45) is 4.32. The number of piperidine rings is 2. The fourth-order valence-corrected chi connectivity index (χ4v) is 4.69. The Balaban J connectivity index is 1.21. The second-order valence-corrected chi connectivity index (χ2v) is 9.00. The highest BCUT2D eigenvalue weighted by molar-refractivity contribution is 5.88. The van der Waals surface area contributed by atoms with Gasteiger partial charge in [0.1, 0.15) is 12.6 Å². The number of nitrogens with one attached hydrogen (secondary N) is 1. The summed E-state index contributed by atoms with van der Waals surface area (Å²) in [4.78, 5) is 47.1. The Hall–Kier alpha value is -2.81.